The monoisotopic (exact) mass is 492 g/mol. The predicted octanol–water partition coefficient (Wildman–Crippen LogP) is 8.01. The summed E-state index contributed by atoms with van der Waals surface area (Å²) < 4.78 is 0. The van der Waals surface area contributed by atoms with E-state index in [4.69, 9.17) is 4.99 Å². The van der Waals surface area contributed by atoms with E-state index in [1.807, 2.05) is 59.5 Å². The van der Waals surface area contributed by atoms with Crippen LogP contribution in [0.1, 0.15) is 87.8 Å². The SMILES string of the molecule is CCCCCCCCCCCCN1C(=O)/C(=C/c2ccc(CO)cc2)S/C1=N\c1ccc(C)cc1. The zero-order chi connectivity index (χ0) is 24.9. The average Bonchev–Trinajstić information content (AvgIpc) is 3.15. The van der Waals surface area contributed by atoms with Crippen LogP contribution in [0.25, 0.3) is 6.08 Å². The van der Waals surface area contributed by atoms with Gasteiger partial charge >= 0.3 is 0 Å². The van der Waals surface area contributed by atoms with E-state index in [2.05, 4.69) is 13.8 Å². The number of aliphatic hydroxyl groups is 1. The molecule has 0 aromatic heterocycles. The number of rotatable bonds is 14. The number of carbonyl (C=O) groups excluding carboxylic acids is 1. The molecule has 2 aromatic rings. The van der Waals surface area contributed by atoms with Gasteiger partial charge in [-0.05, 0) is 54.4 Å². The van der Waals surface area contributed by atoms with Crippen molar-refractivity contribution in [2.24, 2.45) is 4.99 Å². The fraction of sp³-hybridized carbons (Fsp3) is 0.467. The van der Waals surface area contributed by atoms with Gasteiger partial charge < -0.3 is 5.11 Å². The number of amides is 1. The maximum absolute atomic E-state index is 13.3. The maximum atomic E-state index is 13.3. The third kappa shape index (κ3) is 8.97. The van der Waals surface area contributed by atoms with Crippen LogP contribution in [0.3, 0.4) is 0 Å². The first-order valence-electron chi connectivity index (χ1n) is 13.2. The summed E-state index contributed by atoms with van der Waals surface area (Å²) in [6, 6.07) is 15.8. The lowest BCUT2D eigenvalue weighted by Gasteiger charge is -2.15. The van der Waals surface area contributed by atoms with Gasteiger partial charge in [0.1, 0.15) is 0 Å². The molecule has 188 valence electrons. The number of aliphatic hydroxyl groups excluding tert-OH is 1. The summed E-state index contributed by atoms with van der Waals surface area (Å²) in [5.74, 6) is 0.0306. The highest BCUT2D eigenvalue weighted by atomic mass is 32.2. The van der Waals surface area contributed by atoms with Gasteiger partial charge in [0, 0.05) is 6.54 Å². The van der Waals surface area contributed by atoms with E-state index < -0.39 is 0 Å². The first kappa shape index (κ1) is 27.2. The Morgan fingerprint density at radius 1 is 0.857 bits per heavy atom. The van der Waals surface area contributed by atoms with Gasteiger partial charge in [0.2, 0.25) is 0 Å². The largest absolute Gasteiger partial charge is 0.392 e. The van der Waals surface area contributed by atoms with E-state index in [0.29, 0.717) is 11.4 Å². The van der Waals surface area contributed by atoms with Crippen LogP contribution in [0.4, 0.5) is 5.69 Å². The molecular formula is C30H40N2O2S. The Kier molecular flexibility index (Phi) is 11.6. The molecule has 4 nitrogen and oxygen atoms in total. The van der Waals surface area contributed by atoms with Crippen molar-refractivity contribution >= 4 is 34.6 Å². The molecule has 1 amide bonds. The fourth-order valence-electron chi connectivity index (χ4n) is 4.15. The van der Waals surface area contributed by atoms with Crippen molar-refractivity contribution in [3.05, 3.63) is 70.1 Å². The number of hydrogen-bond acceptors (Lipinski definition) is 4. The minimum atomic E-state index is 0.0184. The smallest absolute Gasteiger partial charge is 0.266 e. The maximum Gasteiger partial charge on any atom is 0.266 e. The first-order chi connectivity index (χ1) is 17.1. The molecule has 1 fully saturated rings. The number of nitrogens with zero attached hydrogens (tertiary/aromatic N) is 2. The Bertz CT molecular complexity index is 980. The Hall–Kier alpha value is -2.37. The van der Waals surface area contributed by atoms with Gasteiger partial charge in [-0.25, -0.2) is 4.99 Å². The van der Waals surface area contributed by atoms with Gasteiger partial charge in [-0.2, -0.15) is 0 Å². The number of benzene rings is 2. The van der Waals surface area contributed by atoms with Gasteiger partial charge in [-0.1, -0.05) is 107 Å². The highest BCUT2D eigenvalue weighted by Crippen LogP contribution is 2.34. The van der Waals surface area contributed by atoms with Crippen molar-refractivity contribution in [3.8, 4) is 0 Å². The van der Waals surface area contributed by atoms with Gasteiger partial charge in [0.05, 0.1) is 17.2 Å². The number of aliphatic imine (C=N–C) groups is 1. The molecule has 0 saturated carbocycles. The lowest BCUT2D eigenvalue weighted by molar-refractivity contribution is -0.122. The molecule has 1 saturated heterocycles. The summed E-state index contributed by atoms with van der Waals surface area (Å²) in [5.41, 5.74) is 3.88. The van der Waals surface area contributed by atoms with E-state index in [-0.39, 0.29) is 12.5 Å². The van der Waals surface area contributed by atoms with Crippen molar-refractivity contribution in [1.29, 1.82) is 0 Å². The van der Waals surface area contributed by atoms with Gasteiger partial charge in [-0.15, -0.1) is 0 Å². The van der Waals surface area contributed by atoms with Crippen LogP contribution >= 0.6 is 11.8 Å². The summed E-state index contributed by atoms with van der Waals surface area (Å²) in [6.07, 6.45) is 14.6. The summed E-state index contributed by atoms with van der Waals surface area (Å²) >= 11 is 1.45. The zero-order valence-corrected chi connectivity index (χ0v) is 22.2. The minimum Gasteiger partial charge on any atom is -0.392 e. The van der Waals surface area contributed by atoms with E-state index >= 15 is 0 Å². The zero-order valence-electron chi connectivity index (χ0n) is 21.3. The molecule has 0 atom stereocenters. The lowest BCUT2D eigenvalue weighted by atomic mass is 10.1. The molecule has 2 aromatic carbocycles. The highest BCUT2D eigenvalue weighted by Gasteiger charge is 2.33. The second-order valence-corrected chi connectivity index (χ2v) is 10.4. The second kappa shape index (κ2) is 14.9. The second-order valence-electron chi connectivity index (χ2n) is 9.38. The number of thioether (sulfide) groups is 1. The molecule has 3 rings (SSSR count). The van der Waals surface area contributed by atoms with Crippen LogP contribution in [-0.4, -0.2) is 27.6 Å². The van der Waals surface area contributed by atoms with Crippen molar-refractivity contribution in [1.82, 2.24) is 4.90 Å². The molecule has 0 aliphatic carbocycles. The number of carbonyl (C=O) groups is 1. The number of hydrogen-bond donors (Lipinski definition) is 1. The van der Waals surface area contributed by atoms with Gasteiger partial charge in [0.15, 0.2) is 5.17 Å². The highest BCUT2D eigenvalue weighted by molar-refractivity contribution is 8.18. The van der Waals surface area contributed by atoms with E-state index in [1.54, 1.807) is 0 Å². The molecule has 0 bridgehead atoms. The molecule has 1 aliphatic rings. The quantitative estimate of drug-likeness (QED) is 0.215. The molecule has 1 N–H and O–H groups in total. The van der Waals surface area contributed by atoms with Crippen molar-refractivity contribution in [3.63, 3.8) is 0 Å². The van der Waals surface area contributed by atoms with E-state index in [0.717, 1.165) is 34.8 Å². The van der Waals surface area contributed by atoms with Crippen molar-refractivity contribution in [2.75, 3.05) is 6.54 Å². The number of aryl methyl sites for hydroxylation is 1. The molecule has 1 aliphatic heterocycles. The Morgan fingerprint density at radius 2 is 1.46 bits per heavy atom. The predicted molar refractivity (Wildman–Crippen MR) is 150 cm³/mol. The summed E-state index contributed by atoms with van der Waals surface area (Å²) in [4.78, 5) is 20.7. The van der Waals surface area contributed by atoms with E-state index in [1.165, 1.54) is 68.7 Å². The summed E-state index contributed by atoms with van der Waals surface area (Å²) in [5, 5.41) is 10.0. The van der Waals surface area contributed by atoms with E-state index in [9.17, 15) is 9.90 Å². The molecule has 0 spiro atoms. The van der Waals surface area contributed by atoms with Crippen molar-refractivity contribution in [2.45, 2.75) is 84.7 Å². The normalized spacial score (nSPS) is 16.1. The average molecular weight is 493 g/mol. The Labute approximate surface area is 215 Å². The van der Waals surface area contributed by atoms with Crippen LogP contribution in [0.5, 0.6) is 0 Å². The number of unbranched alkanes of at least 4 members (excludes halogenated alkanes) is 9. The van der Waals surface area contributed by atoms with Crippen molar-refractivity contribution < 1.29 is 9.90 Å². The van der Waals surface area contributed by atoms with Gasteiger partial charge in [0.25, 0.3) is 5.91 Å². The molecular weight excluding hydrogens is 452 g/mol. The van der Waals surface area contributed by atoms with Crippen LogP contribution in [0.2, 0.25) is 0 Å². The van der Waals surface area contributed by atoms with Crippen LogP contribution in [0.15, 0.2) is 58.4 Å². The molecule has 1 heterocycles. The van der Waals surface area contributed by atoms with Crippen LogP contribution in [0, 0.1) is 6.92 Å². The first-order valence-corrected chi connectivity index (χ1v) is 14.0. The fourth-order valence-corrected chi connectivity index (χ4v) is 5.17. The summed E-state index contributed by atoms with van der Waals surface area (Å²) in [7, 11) is 0. The summed E-state index contributed by atoms with van der Waals surface area (Å²) in [6.45, 7) is 5.04. The van der Waals surface area contributed by atoms with Crippen LogP contribution in [-0.2, 0) is 11.4 Å². The standard InChI is InChI=1S/C30H40N2O2S/c1-3-4-5-6-7-8-9-10-11-12-21-32-29(34)28(22-25-15-17-26(23-33)18-16-25)35-30(32)31-27-19-13-24(2)14-20-27/h13-20,22,33H,3-12,21,23H2,1-2H3/b28-22-,31-30-. The Balaban J connectivity index is 1.60. The Morgan fingerprint density at radius 3 is 2.06 bits per heavy atom. The third-order valence-electron chi connectivity index (χ3n) is 6.34. The minimum absolute atomic E-state index is 0.0184. The molecule has 0 unspecified atom stereocenters. The number of amidine groups is 1. The third-order valence-corrected chi connectivity index (χ3v) is 7.35. The topological polar surface area (TPSA) is 52.9 Å². The van der Waals surface area contributed by atoms with Gasteiger partial charge in [-0.3, -0.25) is 9.69 Å². The molecule has 35 heavy (non-hydrogen) atoms. The molecule has 0 radical (unpaired) electrons. The molecule has 5 heteroatoms. The van der Waals surface area contributed by atoms with Crippen LogP contribution < -0.4 is 0 Å². The lowest BCUT2D eigenvalue weighted by Crippen LogP contribution is -2.30.